The normalized spacial score (nSPS) is 29.3. The Morgan fingerprint density at radius 1 is 1.32 bits per heavy atom. The van der Waals surface area contributed by atoms with Gasteiger partial charge in [0.1, 0.15) is 5.75 Å². The first-order valence-electron chi connectivity index (χ1n) is 8.93. The number of aryl methyl sites for hydroxylation is 1. The number of amides is 1. The molecular weight excluding hydrogens is 359 g/mol. The smallest absolute Gasteiger partial charge is 0.261 e. The highest BCUT2D eigenvalue weighted by molar-refractivity contribution is 6.31. The van der Waals surface area contributed by atoms with Crippen LogP contribution in [0, 0.1) is 18.8 Å². The Balaban J connectivity index is 0.00000225. The molecule has 6 heteroatoms. The van der Waals surface area contributed by atoms with E-state index in [0.717, 1.165) is 18.4 Å². The molecule has 2 aliphatic carbocycles. The van der Waals surface area contributed by atoms with Crippen LogP contribution in [0.2, 0.25) is 5.02 Å². The van der Waals surface area contributed by atoms with E-state index in [1.165, 1.54) is 19.3 Å². The summed E-state index contributed by atoms with van der Waals surface area (Å²) in [5, 5.41) is 3.94. The molecule has 0 saturated heterocycles. The van der Waals surface area contributed by atoms with E-state index in [9.17, 15) is 4.79 Å². The van der Waals surface area contributed by atoms with E-state index in [1.807, 2.05) is 13.0 Å². The molecule has 1 amide bonds. The average molecular weight is 387 g/mol. The molecule has 1 aromatic carbocycles. The van der Waals surface area contributed by atoms with Gasteiger partial charge in [-0.1, -0.05) is 18.0 Å². The fraction of sp³-hybridized carbons (Fsp3) is 0.632. The van der Waals surface area contributed by atoms with Crippen molar-refractivity contribution in [1.29, 1.82) is 0 Å². The third kappa shape index (κ3) is 4.81. The van der Waals surface area contributed by atoms with Gasteiger partial charge in [0.2, 0.25) is 0 Å². The van der Waals surface area contributed by atoms with Gasteiger partial charge >= 0.3 is 0 Å². The van der Waals surface area contributed by atoms with Gasteiger partial charge in [0.25, 0.3) is 5.91 Å². The second-order valence-electron chi connectivity index (χ2n) is 7.39. The maximum atomic E-state index is 12.6. The van der Waals surface area contributed by atoms with Gasteiger partial charge < -0.3 is 15.8 Å². The second kappa shape index (κ2) is 8.61. The lowest BCUT2D eigenvalue weighted by Crippen LogP contribution is -2.55. The van der Waals surface area contributed by atoms with Crippen LogP contribution < -0.4 is 15.8 Å². The van der Waals surface area contributed by atoms with Crippen LogP contribution in [-0.2, 0) is 4.79 Å². The average Bonchev–Trinajstić information content (AvgIpc) is 2.51. The van der Waals surface area contributed by atoms with Crippen LogP contribution in [0.15, 0.2) is 18.2 Å². The van der Waals surface area contributed by atoms with Gasteiger partial charge in [0, 0.05) is 17.1 Å². The van der Waals surface area contributed by atoms with E-state index in [0.29, 0.717) is 28.6 Å². The summed E-state index contributed by atoms with van der Waals surface area (Å²) in [7, 11) is 0. The number of halogens is 2. The highest BCUT2D eigenvalue weighted by atomic mass is 35.5. The maximum Gasteiger partial charge on any atom is 0.261 e. The molecule has 2 aliphatic rings. The van der Waals surface area contributed by atoms with Gasteiger partial charge in [0.15, 0.2) is 6.10 Å². The Kier molecular flexibility index (Phi) is 7.01. The van der Waals surface area contributed by atoms with Crippen LogP contribution in [-0.4, -0.2) is 24.1 Å². The van der Waals surface area contributed by atoms with Crippen molar-refractivity contribution < 1.29 is 9.53 Å². The highest BCUT2D eigenvalue weighted by Gasteiger charge is 2.40. The number of carbonyl (C=O) groups excluding carboxylic acids is 1. The first-order chi connectivity index (χ1) is 11.4. The van der Waals surface area contributed by atoms with Crippen molar-refractivity contribution in [2.75, 3.05) is 0 Å². The highest BCUT2D eigenvalue weighted by Crippen LogP contribution is 2.39. The molecular formula is C19H28Cl2N2O2. The Hall–Kier alpha value is -0.970. The van der Waals surface area contributed by atoms with E-state index >= 15 is 0 Å². The number of hydrogen-bond acceptors (Lipinski definition) is 3. The summed E-state index contributed by atoms with van der Waals surface area (Å²) in [6, 6.07) is 6.00. The summed E-state index contributed by atoms with van der Waals surface area (Å²) in [6.45, 7) is 3.72. The van der Waals surface area contributed by atoms with Crippen LogP contribution in [0.25, 0.3) is 0 Å². The molecule has 3 N–H and O–H groups in total. The number of ether oxygens (including phenoxy) is 1. The van der Waals surface area contributed by atoms with Gasteiger partial charge in [-0.25, -0.2) is 0 Å². The minimum Gasteiger partial charge on any atom is -0.481 e. The third-order valence-corrected chi connectivity index (χ3v) is 5.92. The lowest BCUT2D eigenvalue weighted by Gasteiger charge is -2.45. The summed E-state index contributed by atoms with van der Waals surface area (Å²) in [5.41, 5.74) is 7.10. The molecule has 2 saturated carbocycles. The zero-order valence-electron chi connectivity index (χ0n) is 14.8. The summed E-state index contributed by atoms with van der Waals surface area (Å²) >= 11 is 6.03. The van der Waals surface area contributed by atoms with Crippen molar-refractivity contribution in [1.82, 2.24) is 5.32 Å². The van der Waals surface area contributed by atoms with Crippen LogP contribution in [0.3, 0.4) is 0 Å². The Morgan fingerprint density at radius 2 is 1.96 bits per heavy atom. The lowest BCUT2D eigenvalue weighted by atomic mass is 9.67. The molecule has 0 spiro atoms. The van der Waals surface area contributed by atoms with E-state index in [-0.39, 0.29) is 24.4 Å². The number of carbonyl (C=O) groups is 1. The molecule has 0 aliphatic heterocycles. The number of benzene rings is 1. The van der Waals surface area contributed by atoms with Gasteiger partial charge in [-0.15, -0.1) is 12.4 Å². The van der Waals surface area contributed by atoms with Crippen LogP contribution >= 0.6 is 24.0 Å². The topological polar surface area (TPSA) is 64.3 Å². The fourth-order valence-electron chi connectivity index (χ4n) is 4.25. The lowest BCUT2D eigenvalue weighted by molar-refractivity contribution is -0.129. The van der Waals surface area contributed by atoms with E-state index in [2.05, 4.69) is 5.32 Å². The number of rotatable bonds is 4. The molecule has 0 radical (unpaired) electrons. The van der Waals surface area contributed by atoms with Crippen molar-refractivity contribution in [2.45, 2.75) is 64.1 Å². The molecule has 0 heterocycles. The number of nitrogens with two attached hydrogens (primary N) is 1. The second-order valence-corrected chi connectivity index (χ2v) is 7.80. The van der Waals surface area contributed by atoms with E-state index < -0.39 is 6.10 Å². The summed E-state index contributed by atoms with van der Waals surface area (Å²) < 4.78 is 5.80. The van der Waals surface area contributed by atoms with Crippen LogP contribution in [0.4, 0.5) is 0 Å². The molecule has 4 nitrogen and oxygen atoms in total. The van der Waals surface area contributed by atoms with Crippen LogP contribution in [0.5, 0.6) is 5.75 Å². The van der Waals surface area contributed by atoms with Crippen molar-refractivity contribution in [3.8, 4) is 5.75 Å². The molecule has 0 aromatic heterocycles. The fourth-order valence-corrected chi connectivity index (χ4v) is 4.37. The monoisotopic (exact) mass is 386 g/mol. The van der Waals surface area contributed by atoms with Gasteiger partial charge in [0.05, 0.1) is 0 Å². The zero-order valence-corrected chi connectivity index (χ0v) is 16.4. The van der Waals surface area contributed by atoms with Gasteiger partial charge in [-0.05, 0) is 75.1 Å². The van der Waals surface area contributed by atoms with Crippen molar-refractivity contribution >= 4 is 29.9 Å². The molecule has 3 atom stereocenters. The first-order valence-corrected chi connectivity index (χ1v) is 9.30. The zero-order chi connectivity index (χ0) is 17.3. The number of hydrogen-bond donors (Lipinski definition) is 2. The SMILES string of the molecule is Cc1cc(OC(C)C(=O)NC2C3CCCC2CC(N)C3)ccc1Cl.Cl. The molecule has 1 aromatic rings. The first kappa shape index (κ1) is 20.3. The number of fused-ring (bicyclic) bond motifs is 2. The third-order valence-electron chi connectivity index (χ3n) is 5.50. The Morgan fingerprint density at radius 3 is 2.56 bits per heavy atom. The van der Waals surface area contributed by atoms with Crippen molar-refractivity contribution in [2.24, 2.45) is 17.6 Å². The van der Waals surface area contributed by atoms with Gasteiger partial charge in [-0.2, -0.15) is 0 Å². The van der Waals surface area contributed by atoms with E-state index in [1.54, 1.807) is 19.1 Å². The molecule has 3 rings (SSSR count). The minimum absolute atomic E-state index is 0. The predicted octanol–water partition coefficient (Wildman–Crippen LogP) is 3.86. The molecule has 2 bridgehead atoms. The standard InChI is InChI=1S/C19H27ClN2O2.ClH/c1-11-8-16(6-7-17(11)20)24-12(2)19(23)22-18-13-4-3-5-14(18)10-15(21)9-13;/h6-8,12-15,18H,3-5,9-10,21H2,1-2H3,(H,22,23);1H. The van der Waals surface area contributed by atoms with Crippen molar-refractivity contribution in [3.05, 3.63) is 28.8 Å². The summed E-state index contributed by atoms with van der Waals surface area (Å²) in [4.78, 5) is 12.6. The maximum absolute atomic E-state index is 12.6. The minimum atomic E-state index is -0.526. The van der Waals surface area contributed by atoms with Crippen LogP contribution in [0.1, 0.15) is 44.6 Å². The Bertz CT molecular complexity index is 597. The Labute approximate surface area is 161 Å². The van der Waals surface area contributed by atoms with E-state index in [4.69, 9.17) is 22.1 Å². The molecule has 140 valence electrons. The molecule has 25 heavy (non-hydrogen) atoms. The van der Waals surface area contributed by atoms with Crippen molar-refractivity contribution in [3.63, 3.8) is 0 Å². The number of nitrogens with one attached hydrogen (secondary N) is 1. The molecule has 3 unspecified atom stereocenters. The predicted molar refractivity (Wildman–Crippen MR) is 103 cm³/mol. The largest absolute Gasteiger partial charge is 0.481 e. The quantitative estimate of drug-likeness (QED) is 0.825. The molecule has 2 fully saturated rings. The van der Waals surface area contributed by atoms with Gasteiger partial charge in [-0.3, -0.25) is 4.79 Å². The summed E-state index contributed by atoms with van der Waals surface area (Å²) in [6.07, 6.45) is 5.11. The summed E-state index contributed by atoms with van der Waals surface area (Å²) in [5.74, 6) is 1.66.